The maximum absolute atomic E-state index is 12.0. The first-order valence-electron chi connectivity index (χ1n) is 5.83. The molecular weight excluding hydrogens is 321 g/mol. The summed E-state index contributed by atoms with van der Waals surface area (Å²) in [5.41, 5.74) is 4.19. The topological polar surface area (TPSA) is 33.6 Å². The van der Waals surface area contributed by atoms with E-state index in [2.05, 4.69) is 15.3 Å². The number of anilines is 1. The minimum absolute atomic E-state index is 0.0968. The van der Waals surface area contributed by atoms with Gasteiger partial charge in [-0.15, -0.1) is 0 Å². The molecule has 0 saturated heterocycles. The quantitative estimate of drug-likeness (QED) is 0.615. The third-order valence-corrected chi connectivity index (χ3v) is 3.17. The molecular formula is C14H10Cl2F2N2O. The van der Waals surface area contributed by atoms with Gasteiger partial charge in [-0.05, 0) is 48.0 Å². The Morgan fingerprint density at radius 1 is 1.05 bits per heavy atom. The van der Waals surface area contributed by atoms with Gasteiger partial charge in [0.1, 0.15) is 5.75 Å². The van der Waals surface area contributed by atoms with Crippen LogP contribution in [0.15, 0.2) is 47.6 Å². The summed E-state index contributed by atoms with van der Waals surface area (Å²) in [6.45, 7) is -2.83. The van der Waals surface area contributed by atoms with Gasteiger partial charge in [-0.1, -0.05) is 23.2 Å². The van der Waals surface area contributed by atoms with E-state index in [0.717, 1.165) is 5.56 Å². The average Bonchev–Trinajstić information content (AvgIpc) is 2.44. The zero-order chi connectivity index (χ0) is 15.2. The summed E-state index contributed by atoms with van der Waals surface area (Å²) in [5.74, 6) is 0.0968. The van der Waals surface area contributed by atoms with Crippen molar-refractivity contribution in [2.75, 3.05) is 5.43 Å². The van der Waals surface area contributed by atoms with Gasteiger partial charge in [-0.3, -0.25) is 5.43 Å². The van der Waals surface area contributed by atoms with Gasteiger partial charge in [0.15, 0.2) is 0 Å². The minimum atomic E-state index is -2.83. The van der Waals surface area contributed by atoms with E-state index in [-0.39, 0.29) is 5.75 Å². The van der Waals surface area contributed by atoms with Gasteiger partial charge in [0.2, 0.25) is 0 Å². The van der Waals surface area contributed by atoms with E-state index in [4.69, 9.17) is 23.2 Å². The smallest absolute Gasteiger partial charge is 0.387 e. The van der Waals surface area contributed by atoms with Crippen LogP contribution in [0.25, 0.3) is 0 Å². The maximum Gasteiger partial charge on any atom is 0.387 e. The van der Waals surface area contributed by atoms with Crippen molar-refractivity contribution in [2.45, 2.75) is 6.61 Å². The number of alkyl halides is 2. The van der Waals surface area contributed by atoms with E-state index in [1.165, 1.54) is 18.3 Å². The molecule has 0 saturated carbocycles. The second kappa shape index (κ2) is 7.24. The van der Waals surface area contributed by atoms with E-state index >= 15 is 0 Å². The Kier molecular flexibility index (Phi) is 5.36. The van der Waals surface area contributed by atoms with Crippen molar-refractivity contribution < 1.29 is 13.5 Å². The third kappa shape index (κ3) is 4.88. The van der Waals surface area contributed by atoms with Gasteiger partial charge in [0, 0.05) is 0 Å². The first kappa shape index (κ1) is 15.5. The second-order valence-electron chi connectivity index (χ2n) is 3.95. The van der Waals surface area contributed by atoms with Crippen LogP contribution in [0.5, 0.6) is 5.75 Å². The molecule has 7 heteroatoms. The Morgan fingerprint density at radius 2 is 1.76 bits per heavy atom. The zero-order valence-corrected chi connectivity index (χ0v) is 12.1. The Labute approximate surface area is 130 Å². The van der Waals surface area contributed by atoms with Crippen molar-refractivity contribution in [3.8, 4) is 5.75 Å². The molecule has 21 heavy (non-hydrogen) atoms. The normalized spacial score (nSPS) is 11.1. The molecule has 0 aliphatic heterocycles. The molecule has 0 amide bonds. The van der Waals surface area contributed by atoms with Crippen molar-refractivity contribution >= 4 is 35.1 Å². The summed E-state index contributed by atoms with van der Waals surface area (Å²) in [7, 11) is 0. The van der Waals surface area contributed by atoms with Crippen LogP contribution in [-0.4, -0.2) is 12.8 Å². The number of hydrazone groups is 1. The summed E-state index contributed by atoms with van der Waals surface area (Å²) in [6.07, 6.45) is 1.54. The largest absolute Gasteiger partial charge is 0.435 e. The van der Waals surface area contributed by atoms with Crippen molar-refractivity contribution in [3.63, 3.8) is 0 Å². The number of nitrogens with zero attached hydrogens (tertiary/aromatic N) is 1. The Bertz CT molecular complexity index is 633. The lowest BCUT2D eigenvalue weighted by atomic mass is 10.2. The van der Waals surface area contributed by atoms with Gasteiger partial charge in [0.25, 0.3) is 0 Å². The minimum Gasteiger partial charge on any atom is -0.435 e. The molecule has 0 aliphatic carbocycles. The van der Waals surface area contributed by atoms with Crippen molar-refractivity contribution in [3.05, 3.63) is 58.1 Å². The molecule has 0 bridgehead atoms. The third-order valence-electron chi connectivity index (χ3n) is 2.43. The molecule has 0 radical (unpaired) electrons. The summed E-state index contributed by atoms with van der Waals surface area (Å²) in [4.78, 5) is 0. The van der Waals surface area contributed by atoms with Crippen LogP contribution in [0.2, 0.25) is 10.0 Å². The van der Waals surface area contributed by atoms with E-state index in [9.17, 15) is 8.78 Å². The number of ether oxygens (including phenoxy) is 1. The molecule has 2 rings (SSSR count). The monoisotopic (exact) mass is 330 g/mol. The predicted octanol–water partition coefficient (Wildman–Crippen LogP) is 5.04. The lowest BCUT2D eigenvalue weighted by molar-refractivity contribution is -0.0498. The van der Waals surface area contributed by atoms with Crippen LogP contribution < -0.4 is 10.2 Å². The van der Waals surface area contributed by atoms with Crippen molar-refractivity contribution in [1.29, 1.82) is 0 Å². The molecule has 110 valence electrons. The van der Waals surface area contributed by atoms with E-state index < -0.39 is 6.61 Å². The zero-order valence-electron chi connectivity index (χ0n) is 10.6. The maximum atomic E-state index is 12.0. The summed E-state index contributed by atoms with van der Waals surface area (Å²) in [5, 5.41) is 4.89. The fraction of sp³-hybridized carbons (Fsp3) is 0.0714. The van der Waals surface area contributed by atoms with Gasteiger partial charge in [-0.2, -0.15) is 13.9 Å². The highest BCUT2D eigenvalue weighted by Gasteiger charge is 2.03. The van der Waals surface area contributed by atoms with E-state index in [0.29, 0.717) is 15.7 Å². The SMILES string of the molecule is FC(F)Oc1ccc(/C=N/Nc2ccc(Cl)c(Cl)c2)cc1. The van der Waals surface area contributed by atoms with E-state index in [1.807, 2.05) is 0 Å². The lowest BCUT2D eigenvalue weighted by Crippen LogP contribution is -2.01. The molecule has 0 atom stereocenters. The molecule has 2 aromatic carbocycles. The van der Waals surface area contributed by atoms with Crippen LogP contribution in [0.4, 0.5) is 14.5 Å². The highest BCUT2D eigenvalue weighted by Crippen LogP contribution is 2.24. The number of hydrogen-bond donors (Lipinski definition) is 1. The van der Waals surface area contributed by atoms with Crippen LogP contribution in [0.3, 0.4) is 0 Å². The molecule has 2 aromatic rings. The molecule has 0 unspecified atom stereocenters. The number of benzene rings is 2. The van der Waals surface area contributed by atoms with Crippen LogP contribution in [0, 0.1) is 0 Å². The van der Waals surface area contributed by atoms with Crippen LogP contribution in [0.1, 0.15) is 5.56 Å². The van der Waals surface area contributed by atoms with Gasteiger partial charge in [-0.25, -0.2) is 0 Å². The lowest BCUT2D eigenvalue weighted by Gasteiger charge is -2.04. The average molecular weight is 331 g/mol. The Balaban J connectivity index is 1.96. The van der Waals surface area contributed by atoms with Gasteiger partial charge < -0.3 is 4.74 Å². The first-order valence-corrected chi connectivity index (χ1v) is 6.59. The number of nitrogens with one attached hydrogen (secondary N) is 1. The van der Waals surface area contributed by atoms with Crippen molar-refractivity contribution in [1.82, 2.24) is 0 Å². The molecule has 0 aliphatic rings. The highest BCUT2D eigenvalue weighted by atomic mass is 35.5. The highest BCUT2D eigenvalue weighted by molar-refractivity contribution is 6.42. The molecule has 0 fully saturated rings. The van der Waals surface area contributed by atoms with Crippen LogP contribution >= 0.6 is 23.2 Å². The summed E-state index contributed by atoms with van der Waals surface area (Å²) < 4.78 is 28.2. The predicted molar refractivity (Wildman–Crippen MR) is 80.8 cm³/mol. The fourth-order valence-corrected chi connectivity index (χ4v) is 1.78. The molecule has 3 nitrogen and oxygen atoms in total. The van der Waals surface area contributed by atoms with Crippen molar-refractivity contribution in [2.24, 2.45) is 5.10 Å². The molecule has 0 heterocycles. The van der Waals surface area contributed by atoms with E-state index in [1.54, 1.807) is 30.3 Å². The first-order chi connectivity index (χ1) is 10.0. The Morgan fingerprint density at radius 3 is 2.38 bits per heavy atom. The Hall–Kier alpha value is -1.85. The van der Waals surface area contributed by atoms with Gasteiger partial charge in [0.05, 0.1) is 21.9 Å². The van der Waals surface area contributed by atoms with Gasteiger partial charge >= 0.3 is 6.61 Å². The molecule has 0 spiro atoms. The molecule has 1 N–H and O–H groups in total. The number of rotatable bonds is 5. The van der Waals surface area contributed by atoms with Crippen LogP contribution in [-0.2, 0) is 0 Å². The molecule has 0 aromatic heterocycles. The number of hydrogen-bond acceptors (Lipinski definition) is 3. The summed E-state index contributed by atoms with van der Waals surface area (Å²) >= 11 is 11.7. The fourth-order valence-electron chi connectivity index (χ4n) is 1.48. The number of halogens is 4. The standard InChI is InChI=1S/C14H10Cl2F2N2O/c15-12-6-3-10(7-13(12)16)20-19-8-9-1-4-11(5-2-9)21-14(17)18/h1-8,14,20H/b19-8+. The summed E-state index contributed by atoms with van der Waals surface area (Å²) in [6, 6.07) is 11.1. The second-order valence-corrected chi connectivity index (χ2v) is 4.76.